The molecular formula is C26H19N. The number of hydrogen-bond acceptors (Lipinski definition) is 1. The summed E-state index contributed by atoms with van der Waals surface area (Å²) in [6, 6.07) is 31.0. The third kappa shape index (κ3) is 1.65. The van der Waals surface area contributed by atoms with E-state index in [-0.39, 0.29) is 5.41 Å². The highest BCUT2D eigenvalue weighted by atomic mass is 14.6. The first-order chi connectivity index (χ1) is 13.2. The number of fused-ring (bicyclic) bond motifs is 10. The summed E-state index contributed by atoms with van der Waals surface area (Å²) < 4.78 is 0. The molecule has 0 saturated carbocycles. The van der Waals surface area contributed by atoms with Crippen molar-refractivity contribution in [2.45, 2.75) is 12.3 Å². The Hall–Kier alpha value is -3.32. The van der Waals surface area contributed by atoms with E-state index < -0.39 is 0 Å². The maximum atomic E-state index is 6.20. The molecule has 0 bridgehead atoms. The van der Waals surface area contributed by atoms with Gasteiger partial charge in [0.1, 0.15) is 0 Å². The van der Waals surface area contributed by atoms with E-state index in [1.165, 1.54) is 50.1 Å². The third-order valence-corrected chi connectivity index (χ3v) is 6.27. The molecule has 0 heterocycles. The largest absolute Gasteiger partial charge is 0.399 e. The first-order valence-electron chi connectivity index (χ1n) is 9.42. The molecule has 0 aliphatic heterocycles. The molecule has 4 aromatic carbocycles. The van der Waals surface area contributed by atoms with Gasteiger partial charge in [0, 0.05) is 5.69 Å². The fourth-order valence-corrected chi connectivity index (χ4v) is 5.28. The van der Waals surface area contributed by atoms with Gasteiger partial charge in [-0.15, -0.1) is 0 Å². The van der Waals surface area contributed by atoms with Crippen LogP contribution in [-0.2, 0) is 5.41 Å². The number of nitrogens with two attached hydrogens (primary N) is 1. The average Bonchev–Trinajstić information content (AvgIpc) is 3.14. The second kappa shape index (κ2) is 4.89. The molecule has 0 atom stereocenters. The Morgan fingerprint density at radius 1 is 0.556 bits per heavy atom. The molecule has 128 valence electrons. The van der Waals surface area contributed by atoms with E-state index in [1.807, 2.05) is 6.07 Å². The predicted octanol–water partition coefficient (Wildman–Crippen LogP) is 5.92. The summed E-state index contributed by atoms with van der Waals surface area (Å²) in [5.41, 5.74) is 18.8. The molecule has 0 unspecified atom stereocenters. The Morgan fingerprint density at radius 3 is 1.74 bits per heavy atom. The Kier molecular flexibility index (Phi) is 2.68. The van der Waals surface area contributed by atoms with Gasteiger partial charge in [0.25, 0.3) is 0 Å². The van der Waals surface area contributed by atoms with Gasteiger partial charge in [0.05, 0.1) is 5.41 Å². The second-order valence-corrected chi connectivity index (χ2v) is 7.70. The standard InChI is InChI=1S/C26H19N/c1-16-10-12-24-20(14-16)21-15-17(27)11-13-25(21)26(24)22-8-4-2-6-18(22)19-7-3-5-9-23(19)26/h2-15H,27H2,1H3. The number of benzene rings is 4. The van der Waals surface area contributed by atoms with Gasteiger partial charge >= 0.3 is 0 Å². The van der Waals surface area contributed by atoms with E-state index in [9.17, 15) is 0 Å². The number of nitrogen functional groups attached to an aromatic ring is 1. The van der Waals surface area contributed by atoms with Crippen LogP contribution in [0.15, 0.2) is 84.9 Å². The van der Waals surface area contributed by atoms with E-state index in [1.54, 1.807) is 0 Å². The van der Waals surface area contributed by atoms with Crippen LogP contribution < -0.4 is 5.73 Å². The van der Waals surface area contributed by atoms with Crippen molar-refractivity contribution in [2.24, 2.45) is 0 Å². The fraction of sp³-hybridized carbons (Fsp3) is 0.0769. The van der Waals surface area contributed by atoms with E-state index in [2.05, 4.69) is 85.8 Å². The molecule has 2 aliphatic carbocycles. The third-order valence-electron chi connectivity index (χ3n) is 6.27. The summed E-state index contributed by atoms with van der Waals surface area (Å²) >= 11 is 0. The van der Waals surface area contributed by atoms with Gasteiger partial charge < -0.3 is 5.73 Å². The lowest BCUT2D eigenvalue weighted by Gasteiger charge is -2.30. The van der Waals surface area contributed by atoms with Gasteiger partial charge in [-0.3, -0.25) is 0 Å². The van der Waals surface area contributed by atoms with Crippen LogP contribution in [0.3, 0.4) is 0 Å². The molecule has 0 amide bonds. The summed E-state index contributed by atoms with van der Waals surface area (Å²) in [7, 11) is 0. The summed E-state index contributed by atoms with van der Waals surface area (Å²) in [4.78, 5) is 0. The highest BCUT2D eigenvalue weighted by Crippen LogP contribution is 2.62. The lowest BCUT2D eigenvalue weighted by atomic mass is 9.70. The smallest absolute Gasteiger partial charge is 0.0725 e. The van der Waals surface area contributed by atoms with Crippen LogP contribution in [0.5, 0.6) is 0 Å². The number of anilines is 1. The Balaban J connectivity index is 1.86. The van der Waals surface area contributed by atoms with Gasteiger partial charge in [0.15, 0.2) is 0 Å². The minimum absolute atomic E-state index is 0.251. The molecule has 2 aliphatic rings. The zero-order valence-electron chi connectivity index (χ0n) is 15.2. The highest BCUT2D eigenvalue weighted by Gasteiger charge is 2.51. The molecule has 0 radical (unpaired) electrons. The topological polar surface area (TPSA) is 26.0 Å². The van der Waals surface area contributed by atoms with Gasteiger partial charge in [0.2, 0.25) is 0 Å². The monoisotopic (exact) mass is 345 g/mol. The predicted molar refractivity (Wildman–Crippen MR) is 112 cm³/mol. The normalized spacial score (nSPS) is 14.6. The Morgan fingerprint density at radius 2 is 1.07 bits per heavy atom. The zero-order chi connectivity index (χ0) is 18.2. The number of rotatable bonds is 0. The Labute approximate surface area is 159 Å². The highest BCUT2D eigenvalue weighted by molar-refractivity contribution is 5.95. The summed E-state index contributed by atoms with van der Waals surface area (Å²) in [5, 5.41) is 0. The second-order valence-electron chi connectivity index (χ2n) is 7.70. The Bertz CT molecular complexity index is 1150. The molecule has 27 heavy (non-hydrogen) atoms. The minimum atomic E-state index is -0.251. The van der Waals surface area contributed by atoms with E-state index in [4.69, 9.17) is 5.73 Å². The average molecular weight is 345 g/mol. The van der Waals surface area contributed by atoms with Crippen molar-refractivity contribution >= 4 is 5.69 Å². The van der Waals surface area contributed by atoms with Crippen molar-refractivity contribution in [2.75, 3.05) is 5.73 Å². The molecule has 0 aromatic heterocycles. The lowest BCUT2D eigenvalue weighted by Crippen LogP contribution is -2.25. The first-order valence-corrected chi connectivity index (χ1v) is 9.42. The van der Waals surface area contributed by atoms with Crippen LogP contribution in [0.1, 0.15) is 27.8 Å². The molecule has 0 fully saturated rings. The maximum absolute atomic E-state index is 6.20. The van der Waals surface area contributed by atoms with Crippen molar-refractivity contribution in [1.29, 1.82) is 0 Å². The summed E-state index contributed by atoms with van der Waals surface area (Å²) in [6.45, 7) is 2.16. The van der Waals surface area contributed by atoms with Crippen molar-refractivity contribution in [3.63, 3.8) is 0 Å². The maximum Gasteiger partial charge on any atom is 0.0725 e. The minimum Gasteiger partial charge on any atom is -0.399 e. The molecule has 6 rings (SSSR count). The molecule has 4 aromatic rings. The molecule has 0 saturated heterocycles. The van der Waals surface area contributed by atoms with Crippen molar-refractivity contribution in [3.05, 3.63) is 113 Å². The molecule has 1 spiro atoms. The molecular weight excluding hydrogens is 326 g/mol. The molecule has 1 nitrogen and oxygen atoms in total. The van der Waals surface area contributed by atoms with Crippen LogP contribution in [-0.4, -0.2) is 0 Å². The van der Waals surface area contributed by atoms with Crippen LogP contribution in [0.4, 0.5) is 5.69 Å². The van der Waals surface area contributed by atoms with Crippen LogP contribution in [0.2, 0.25) is 0 Å². The summed E-state index contributed by atoms with van der Waals surface area (Å²) in [6.07, 6.45) is 0. The molecule has 2 N–H and O–H groups in total. The lowest BCUT2D eigenvalue weighted by molar-refractivity contribution is 0.793. The summed E-state index contributed by atoms with van der Waals surface area (Å²) in [5.74, 6) is 0. The van der Waals surface area contributed by atoms with Gasteiger partial charge in [-0.25, -0.2) is 0 Å². The van der Waals surface area contributed by atoms with Gasteiger partial charge in [-0.05, 0) is 63.6 Å². The first kappa shape index (κ1) is 14.8. The van der Waals surface area contributed by atoms with E-state index >= 15 is 0 Å². The van der Waals surface area contributed by atoms with E-state index in [0.29, 0.717) is 0 Å². The van der Waals surface area contributed by atoms with Crippen molar-refractivity contribution in [1.82, 2.24) is 0 Å². The number of aryl methyl sites for hydroxylation is 1. The van der Waals surface area contributed by atoms with Crippen molar-refractivity contribution < 1.29 is 0 Å². The van der Waals surface area contributed by atoms with Crippen LogP contribution >= 0.6 is 0 Å². The number of hydrogen-bond donors (Lipinski definition) is 1. The SMILES string of the molecule is Cc1ccc2c(c1)-c1cc(N)ccc1C21c2ccccc2-c2ccccc21. The van der Waals surface area contributed by atoms with Crippen molar-refractivity contribution in [3.8, 4) is 22.3 Å². The van der Waals surface area contributed by atoms with Crippen LogP contribution in [0, 0.1) is 6.92 Å². The van der Waals surface area contributed by atoms with Gasteiger partial charge in [-0.1, -0.05) is 78.4 Å². The zero-order valence-corrected chi connectivity index (χ0v) is 15.2. The fourth-order valence-electron chi connectivity index (χ4n) is 5.28. The molecule has 1 heteroatoms. The van der Waals surface area contributed by atoms with E-state index in [0.717, 1.165) is 5.69 Å². The van der Waals surface area contributed by atoms with Crippen LogP contribution in [0.25, 0.3) is 22.3 Å². The van der Waals surface area contributed by atoms with Gasteiger partial charge in [-0.2, -0.15) is 0 Å². The quantitative estimate of drug-likeness (QED) is 0.340.